The summed E-state index contributed by atoms with van der Waals surface area (Å²) in [6.07, 6.45) is 6.72. The van der Waals surface area contributed by atoms with Gasteiger partial charge < -0.3 is 5.32 Å². The Kier molecular flexibility index (Phi) is 5.26. The lowest BCUT2D eigenvalue weighted by molar-refractivity contribution is 0.225. The number of rotatable bonds is 4. The second-order valence-electron chi connectivity index (χ2n) is 7.76. The van der Waals surface area contributed by atoms with E-state index >= 15 is 0 Å². The van der Waals surface area contributed by atoms with E-state index in [-0.39, 0.29) is 0 Å². The van der Waals surface area contributed by atoms with Gasteiger partial charge >= 0.3 is 0 Å². The lowest BCUT2D eigenvalue weighted by Gasteiger charge is -2.36. The summed E-state index contributed by atoms with van der Waals surface area (Å²) >= 11 is 0. The molecule has 0 saturated heterocycles. The number of benzene rings is 1. The van der Waals surface area contributed by atoms with Gasteiger partial charge in [0.25, 0.3) is 0 Å². The summed E-state index contributed by atoms with van der Waals surface area (Å²) in [5, 5.41) is 3.98. The second kappa shape index (κ2) is 6.76. The average molecular weight is 273 g/mol. The van der Waals surface area contributed by atoms with Crippen molar-refractivity contribution in [3.8, 4) is 0 Å². The standard InChI is InChI=1S/C19H31N/c1-15-10-8-9-13-17(15)20-18(14-19(2,3)4)16-11-6-5-7-12-16/h5-7,11-12,15,17-18,20H,8-10,13-14H2,1-4H3. The SMILES string of the molecule is CC1CCCCC1NC(CC(C)(C)C)c1ccccc1. The third kappa shape index (κ3) is 4.63. The molecule has 1 aromatic carbocycles. The first-order valence-electron chi connectivity index (χ1n) is 8.27. The van der Waals surface area contributed by atoms with E-state index < -0.39 is 0 Å². The maximum absolute atomic E-state index is 3.98. The van der Waals surface area contributed by atoms with Crippen molar-refractivity contribution in [2.24, 2.45) is 11.3 Å². The molecule has 0 aliphatic heterocycles. The molecule has 20 heavy (non-hydrogen) atoms. The van der Waals surface area contributed by atoms with E-state index in [1.807, 2.05) is 0 Å². The van der Waals surface area contributed by atoms with Gasteiger partial charge in [0.05, 0.1) is 0 Å². The lowest BCUT2D eigenvalue weighted by atomic mass is 9.82. The molecule has 0 radical (unpaired) electrons. The molecule has 3 unspecified atom stereocenters. The predicted octanol–water partition coefficient (Wildman–Crippen LogP) is 5.33. The normalized spacial score (nSPS) is 25.4. The fraction of sp³-hybridized carbons (Fsp3) is 0.684. The molecule has 1 nitrogen and oxygen atoms in total. The monoisotopic (exact) mass is 273 g/mol. The van der Waals surface area contributed by atoms with Crippen LogP contribution in [0.4, 0.5) is 0 Å². The Labute approximate surface area is 125 Å². The van der Waals surface area contributed by atoms with Crippen LogP contribution in [0.25, 0.3) is 0 Å². The van der Waals surface area contributed by atoms with Crippen molar-refractivity contribution in [3.63, 3.8) is 0 Å². The highest BCUT2D eigenvalue weighted by molar-refractivity contribution is 5.19. The van der Waals surface area contributed by atoms with Crippen LogP contribution in [0, 0.1) is 11.3 Å². The Bertz CT molecular complexity index is 390. The van der Waals surface area contributed by atoms with Gasteiger partial charge in [0.1, 0.15) is 0 Å². The van der Waals surface area contributed by atoms with Crippen LogP contribution in [-0.2, 0) is 0 Å². The van der Waals surface area contributed by atoms with Crippen molar-refractivity contribution in [1.29, 1.82) is 0 Å². The van der Waals surface area contributed by atoms with E-state index in [9.17, 15) is 0 Å². The third-order valence-corrected chi connectivity index (χ3v) is 4.55. The molecule has 0 aromatic heterocycles. The van der Waals surface area contributed by atoms with Gasteiger partial charge in [-0.1, -0.05) is 70.9 Å². The first-order chi connectivity index (χ1) is 9.46. The largest absolute Gasteiger partial charge is 0.307 e. The van der Waals surface area contributed by atoms with Crippen LogP contribution in [-0.4, -0.2) is 6.04 Å². The molecular formula is C19H31N. The molecule has 0 heterocycles. The highest BCUT2D eigenvalue weighted by Crippen LogP contribution is 2.32. The molecule has 0 bridgehead atoms. The van der Waals surface area contributed by atoms with E-state index in [0.29, 0.717) is 17.5 Å². The molecule has 2 rings (SSSR count). The molecule has 1 N–H and O–H groups in total. The summed E-state index contributed by atoms with van der Waals surface area (Å²) in [5.41, 5.74) is 1.80. The van der Waals surface area contributed by atoms with Crippen LogP contribution < -0.4 is 5.32 Å². The van der Waals surface area contributed by atoms with Gasteiger partial charge in [0.2, 0.25) is 0 Å². The van der Waals surface area contributed by atoms with Crippen molar-refractivity contribution in [2.45, 2.75) is 71.9 Å². The minimum absolute atomic E-state index is 0.353. The second-order valence-corrected chi connectivity index (χ2v) is 7.76. The van der Waals surface area contributed by atoms with Crippen LogP contribution in [0.2, 0.25) is 0 Å². The van der Waals surface area contributed by atoms with E-state index in [1.165, 1.54) is 37.7 Å². The van der Waals surface area contributed by atoms with Crippen molar-refractivity contribution < 1.29 is 0 Å². The van der Waals surface area contributed by atoms with Crippen molar-refractivity contribution in [1.82, 2.24) is 5.32 Å². The summed E-state index contributed by atoms with van der Waals surface area (Å²) < 4.78 is 0. The van der Waals surface area contributed by atoms with Gasteiger partial charge in [0, 0.05) is 12.1 Å². The molecule has 1 saturated carbocycles. The van der Waals surface area contributed by atoms with Gasteiger partial charge in [-0.2, -0.15) is 0 Å². The Balaban J connectivity index is 2.10. The highest BCUT2D eigenvalue weighted by Gasteiger charge is 2.27. The van der Waals surface area contributed by atoms with Crippen LogP contribution >= 0.6 is 0 Å². The number of nitrogens with one attached hydrogen (secondary N) is 1. The zero-order valence-corrected chi connectivity index (χ0v) is 13.7. The van der Waals surface area contributed by atoms with Crippen LogP contribution in [0.1, 0.15) is 71.4 Å². The fourth-order valence-corrected chi connectivity index (χ4v) is 3.39. The first-order valence-corrected chi connectivity index (χ1v) is 8.27. The predicted molar refractivity (Wildman–Crippen MR) is 87.8 cm³/mol. The smallest absolute Gasteiger partial charge is 0.0327 e. The van der Waals surface area contributed by atoms with Crippen LogP contribution in [0.5, 0.6) is 0 Å². The summed E-state index contributed by atoms with van der Waals surface area (Å²) in [4.78, 5) is 0. The Morgan fingerprint density at radius 2 is 1.75 bits per heavy atom. The number of hydrogen-bond donors (Lipinski definition) is 1. The van der Waals surface area contributed by atoms with Crippen molar-refractivity contribution in [2.75, 3.05) is 0 Å². The van der Waals surface area contributed by atoms with Gasteiger partial charge in [-0.05, 0) is 36.2 Å². The molecule has 1 aliphatic carbocycles. The molecule has 112 valence electrons. The summed E-state index contributed by atoms with van der Waals surface area (Å²) in [7, 11) is 0. The molecular weight excluding hydrogens is 242 g/mol. The lowest BCUT2D eigenvalue weighted by Crippen LogP contribution is -2.40. The van der Waals surface area contributed by atoms with Crippen molar-refractivity contribution in [3.05, 3.63) is 35.9 Å². The maximum Gasteiger partial charge on any atom is 0.0327 e. The van der Waals surface area contributed by atoms with Gasteiger partial charge in [-0.15, -0.1) is 0 Å². The van der Waals surface area contributed by atoms with Crippen molar-refractivity contribution >= 4 is 0 Å². The minimum atomic E-state index is 0.353. The molecule has 0 spiro atoms. The molecule has 1 aliphatic rings. The van der Waals surface area contributed by atoms with Crippen LogP contribution in [0.15, 0.2) is 30.3 Å². The summed E-state index contributed by atoms with van der Waals surface area (Å²) in [5.74, 6) is 0.815. The molecule has 1 fully saturated rings. The Morgan fingerprint density at radius 3 is 2.35 bits per heavy atom. The van der Waals surface area contributed by atoms with E-state index in [1.54, 1.807) is 0 Å². The average Bonchev–Trinajstić information content (AvgIpc) is 2.40. The van der Waals surface area contributed by atoms with Crippen LogP contribution in [0.3, 0.4) is 0 Å². The first kappa shape index (κ1) is 15.6. The van der Waals surface area contributed by atoms with Gasteiger partial charge in [-0.25, -0.2) is 0 Å². The zero-order valence-electron chi connectivity index (χ0n) is 13.7. The quantitative estimate of drug-likeness (QED) is 0.781. The van der Waals surface area contributed by atoms with E-state index in [2.05, 4.69) is 63.3 Å². The number of hydrogen-bond acceptors (Lipinski definition) is 1. The molecule has 1 heteroatoms. The molecule has 1 aromatic rings. The molecule has 3 atom stereocenters. The fourth-order valence-electron chi connectivity index (χ4n) is 3.39. The maximum atomic E-state index is 3.98. The van der Waals surface area contributed by atoms with Gasteiger partial charge in [0.15, 0.2) is 0 Å². The Morgan fingerprint density at radius 1 is 1.10 bits per heavy atom. The van der Waals surface area contributed by atoms with Gasteiger partial charge in [-0.3, -0.25) is 0 Å². The summed E-state index contributed by atoms with van der Waals surface area (Å²) in [6, 6.07) is 12.2. The third-order valence-electron chi connectivity index (χ3n) is 4.55. The van der Waals surface area contributed by atoms with E-state index in [4.69, 9.17) is 0 Å². The Hall–Kier alpha value is -0.820. The minimum Gasteiger partial charge on any atom is -0.307 e. The molecule has 0 amide bonds. The van der Waals surface area contributed by atoms with E-state index in [0.717, 1.165) is 5.92 Å². The highest BCUT2D eigenvalue weighted by atomic mass is 15.0. The zero-order chi connectivity index (χ0) is 14.6. The topological polar surface area (TPSA) is 12.0 Å². The summed E-state index contributed by atoms with van der Waals surface area (Å²) in [6.45, 7) is 9.44.